The summed E-state index contributed by atoms with van der Waals surface area (Å²) in [6, 6.07) is 29.4. The molecule has 2 aliphatic rings. The molecule has 0 saturated carbocycles. The van der Waals surface area contributed by atoms with Crippen molar-refractivity contribution >= 4 is 37.2 Å². The number of nitrogen functional groups attached to an aromatic ring is 1. The van der Waals surface area contributed by atoms with Gasteiger partial charge in [-0.1, -0.05) is 54.6 Å². The number of hydrogen-bond acceptors (Lipinski definition) is 9. The first-order valence-electron chi connectivity index (χ1n) is 18.1. The fourth-order valence-electron chi connectivity index (χ4n) is 8.28. The predicted octanol–water partition coefficient (Wildman–Crippen LogP) is 5.68. The van der Waals surface area contributed by atoms with E-state index in [9.17, 15) is 19.5 Å². The highest BCUT2D eigenvalue weighted by Gasteiger charge is 2.66. The summed E-state index contributed by atoms with van der Waals surface area (Å²) in [7, 11) is -1.33. The zero-order valence-corrected chi connectivity index (χ0v) is 31.8. The van der Waals surface area contributed by atoms with Crippen LogP contribution in [0.15, 0.2) is 103 Å². The molecule has 1 unspecified atom stereocenters. The number of amides is 2. The molecule has 0 radical (unpaired) electrons. The lowest BCUT2D eigenvalue weighted by molar-refractivity contribution is -0.146. The second-order valence-corrected chi connectivity index (χ2v) is 18.7. The predicted molar refractivity (Wildman–Crippen MR) is 209 cm³/mol. The zero-order chi connectivity index (χ0) is 38.2. The molecule has 7 rings (SSSR count). The molecule has 4 aromatic carbocycles. The van der Waals surface area contributed by atoms with Gasteiger partial charge in [0.1, 0.15) is 5.75 Å². The normalized spacial score (nSPS) is 21.3. The van der Waals surface area contributed by atoms with Gasteiger partial charge >= 0.3 is 0 Å². The van der Waals surface area contributed by atoms with Gasteiger partial charge in [-0.15, -0.1) is 5.10 Å². The lowest BCUT2D eigenvalue weighted by atomic mass is 9.82. The minimum Gasteiger partial charge on any atom is -0.497 e. The van der Waals surface area contributed by atoms with E-state index < -0.39 is 20.0 Å². The maximum Gasteiger partial charge on any atom is 0.264 e. The number of benzene rings is 4. The van der Waals surface area contributed by atoms with Gasteiger partial charge in [0.2, 0.25) is 0 Å². The van der Waals surface area contributed by atoms with Crippen LogP contribution in [0.25, 0.3) is 0 Å². The Morgan fingerprint density at radius 2 is 1.81 bits per heavy atom. The Balaban J connectivity index is 1.16. The number of carbonyl (C=O) groups excluding carboxylic acids is 2. The van der Waals surface area contributed by atoms with Gasteiger partial charge in [0.05, 0.1) is 43.7 Å². The number of nitrogens with zero attached hydrogens (tertiary/aromatic N) is 4. The summed E-state index contributed by atoms with van der Waals surface area (Å²) in [5.41, 5.74) is 9.61. The van der Waals surface area contributed by atoms with Crippen LogP contribution < -0.4 is 20.7 Å². The maximum atomic E-state index is 15.0. The Labute approximate surface area is 315 Å². The molecule has 2 amide bonds. The number of anilines is 3. The van der Waals surface area contributed by atoms with Crippen molar-refractivity contribution in [3.8, 4) is 5.75 Å². The van der Waals surface area contributed by atoms with Crippen molar-refractivity contribution in [3.63, 3.8) is 0 Å². The standard InChI is InChI=1S/C41H46N6O6Si/c1-26-38(54(3,4)51)37(19-20-46-24-35(44-45-46)33(25-48)28-10-6-5-7-11-28)53-41(26)34-22-32(52-2)17-18-36(34)47(40(41)50)23-27-9-8-12-31(21-27)43-39(49)29-13-15-30(42)16-14-29/h5-18,21-22,24,26,33,37-38,48,51H,19-20,23,25,42H2,1-4H3,(H,43,49)/t26-,33?,37+,38-,41+/m1/s1. The lowest BCUT2D eigenvalue weighted by Gasteiger charge is -2.32. The van der Waals surface area contributed by atoms with Crippen molar-refractivity contribution in [1.29, 1.82) is 0 Å². The van der Waals surface area contributed by atoms with Crippen LogP contribution in [0.4, 0.5) is 17.1 Å². The number of aromatic nitrogens is 3. The molecule has 13 heteroatoms. The van der Waals surface area contributed by atoms with E-state index in [4.69, 9.17) is 15.2 Å². The van der Waals surface area contributed by atoms with Crippen LogP contribution in [0.1, 0.15) is 52.0 Å². The summed E-state index contributed by atoms with van der Waals surface area (Å²) >= 11 is 0. The number of aryl methyl sites for hydroxylation is 1. The summed E-state index contributed by atoms with van der Waals surface area (Å²) in [5.74, 6) is -0.563. The molecule has 0 aliphatic carbocycles. The quantitative estimate of drug-likeness (QED) is 0.0929. The van der Waals surface area contributed by atoms with E-state index in [-0.39, 0.29) is 42.3 Å². The van der Waals surface area contributed by atoms with E-state index >= 15 is 0 Å². The second kappa shape index (κ2) is 14.8. The molecule has 1 fully saturated rings. The van der Waals surface area contributed by atoms with Gasteiger partial charge in [-0.3, -0.25) is 14.3 Å². The number of aliphatic hydroxyl groups excluding tert-OH is 1. The van der Waals surface area contributed by atoms with E-state index in [1.165, 1.54) is 0 Å². The van der Waals surface area contributed by atoms with Gasteiger partial charge in [0, 0.05) is 46.7 Å². The van der Waals surface area contributed by atoms with Crippen LogP contribution in [0.5, 0.6) is 5.75 Å². The molecule has 1 aromatic heterocycles. The highest BCUT2D eigenvalue weighted by Crippen LogP contribution is 2.60. The SMILES string of the molecule is COc1ccc2c(c1)[C@]1(O[C@@H](CCn3cc(C(CO)c4ccccc4)nn3)[C@H]([Si](C)(C)O)[C@H]1C)C(=O)N2Cc1cccc(NC(=O)c2ccc(N)cc2)c1. The molecule has 5 N–H and O–H groups in total. The number of fused-ring (bicyclic) bond motifs is 2. The summed E-state index contributed by atoms with van der Waals surface area (Å²) in [5, 5.41) is 21.9. The van der Waals surface area contributed by atoms with Crippen LogP contribution in [0, 0.1) is 5.92 Å². The molecule has 0 bridgehead atoms. The third-order valence-electron chi connectivity index (χ3n) is 10.8. The molecule has 5 atom stereocenters. The summed E-state index contributed by atoms with van der Waals surface area (Å²) in [4.78, 5) is 41.5. The monoisotopic (exact) mass is 746 g/mol. The van der Waals surface area contributed by atoms with Gasteiger partial charge in [-0.25, -0.2) is 0 Å². The number of aliphatic hydroxyl groups is 1. The first-order chi connectivity index (χ1) is 25.9. The Bertz CT molecular complexity index is 2140. The zero-order valence-electron chi connectivity index (χ0n) is 30.8. The highest BCUT2D eigenvalue weighted by atomic mass is 28.4. The molecule has 54 heavy (non-hydrogen) atoms. The van der Waals surface area contributed by atoms with Crippen molar-refractivity contribution in [3.05, 3.63) is 131 Å². The number of hydrogen-bond donors (Lipinski definition) is 4. The molecule has 1 spiro atoms. The van der Waals surface area contributed by atoms with Crippen LogP contribution in [0.3, 0.4) is 0 Å². The third kappa shape index (κ3) is 6.91. The minimum absolute atomic E-state index is 0.106. The number of nitrogens with two attached hydrogens (primary N) is 1. The topological polar surface area (TPSA) is 165 Å². The number of methoxy groups -OCH3 is 1. The van der Waals surface area contributed by atoms with Gasteiger partial charge in [-0.2, -0.15) is 0 Å². The lowest BCUT2D eigenvalue weighted by Crippen LogP contribution is -2.46. The fraction of sp³-hybridized carbons (Fsp3) is 0.317. The van der Waals surface area contributed by atoms with E-state index in [0.717, 1.165) is 11.1 Å². The van der Waals surface area contributed by atoms with Gasteiger partial charge < -0.3 is 35.3 Å². The number of nitrogens with one attached hydrogen (secondary N) is 1. The van der Waals surface area contributed by atoms with Crippen molar-refractivity contribution in [2.45, 2.75) is 62.7 Å². The number of rotatable bonds is 12. The van der Waals surface area contributed by atoms with E-state index in [2.05, 4.69) is 15.6 Å². The first-order valence-corrected chi connectivity index (χ1v) is 21.2. The number of ether oxygens (including phenoxy) is 2. The van der Waals surface area contributed by atoms with Crippen molar-refractivity contribution < 1.29 is 29.0 Å². The Kier molecular flexibility index (Phi) is 10.2. The van der Waals surface area contributed by atoms with Gasteiger partial charge in [0.15, 0.2) is 13.9 Å². The maximum absolute atomic E-state index is 15.0. The molecule has 1 saturated heterocycles. The summed E-state index contributed by atoms with van der Waals surface area (Å²) in [6.07, 6.45) is 1.86. The van der Waals surface area contributed by atoms with E-state index in [0.29, 0.717) is 52.6 Å². The van der Waals surface area contributed by atoms with Crippen LogP contribution in [-0.4, -0.2) is 64.8 Å². The second-order valence-electron chi connectivity index (χ2n) is 14.8. The van der Waals surface area contributed by atoms with E-state index in [1.807, 2.05) is 92.9 Å². The Morgan fingerprint density at radius 1 is 1.06 bits per heavy atom. The van der Waals surface area contributed by atoms with Gasteiger partial charge in [-0.05, 0) is 85.2 Å². The molecule has 3 heterocycles. The minimum atomic E-state index is -2.92. The average molecular weight is 747 g/mol. The smallest absolute Gasteiger partial charge is 0.264 e. The van der Waals surface area contributed by atoms with Crippen LogP contribution >= 0.6 is 0 Å². The largest absolute Gasteiger partial charge is 0.497 e. The third-order valence-corrected chi connectivity index (χ3v) is 13.3. The molecule has 280 valence electrons. The summed E-state index contributed by atoms with van der Waals surface area (Å²) < 4.78 is 14.4. The average Bonchev–Trinajstić information content (AvgIpc) is 3.82. The first kappa shape index (κ1) is 37.0. The fourth-order valence-corrected chi connectivity index (χ4v) is 10.9. The molecular formula is C41H46N6O6Si. The van der Waals surface area contributed by atoms with Gasteiger partial charge in [0.25, 0.3) is 11.8 Å². The van der Waals surface area contributed by atoms with Crippen molar-refractivity contribution in [2.75, 3.05) is 29.7 Å². The number of carbonyl (C=O) groups is 2. The highest BCUT2D eigenvalue weighted by molar-refractivity contribution is 6.71. The van der Waals surface area contributed by atoms with Crippen molar-refractivity contribution in [2.24, 2.45) is 5.92 Å². The molecule has 12 nitrogen and oxygen atoms in total. The van der Waals surface area contributed by atoms with Crippen molar-refractivity contribution in [1.82, 2.24) is 15.0 Å². The molecule has 5 aromatic rings. The Morgan fingerprint density at radius 3 is 2.52 bits per heavy atom. The molecule has 2 aliphatic heterocycles. The Hall–Kier alpha value is -5.34. The molecular weight excluding hydrogens is 701 g/mol. The summed E-state index contributed by atoms with van der Waals surface area (Å²) in [6.45, 7) is 6.36. The van der Waals surface area contributed by atoms with E-state index in [1.54, 1.807) is 47.0 Å². The van der Waals surface area contributed by atoms with Crippen LogP contribution in [0.2, 0.25) is 18.6 Å². The van der Waals surface area contributed by atoms with Crippen LogP contribution in [-0.2, 0) is 28.2 Å².